The first kappa shape index (κ1) is 17.9. The van der Waals surface area contributed by atoms with Crippen LogP contribution in [0.2, 0.25) is 5.02 Å². The SMILES string of the molecule is Cc1cc(=O)c(C(=O)Nc2cnc3ccccc3c2)nn1-c1ccccc1Cl. The predicted molar refractivity (Wildman–Crippen MR) is 109 cm³/mol. The third-order valence-corrected chi connectivity index (χ3v) is 4.57. The number of halogens is 1. The van der Waals surface area contributed by atoms with Crippen molar-refractivity contribution in [2.45, 2.75) is 6.92 Å². The molecule has 0 aliphatic carbocycles. The summed E-state index contributed by atoms with van der Waals surface area (Å²) in [5.41, 5.74) is 1.76. The van der Waals surface area contributed by atoms with Gasteiger partial charge in [0.2, 0.25) is 5.43 Å². The summed E-state index contributed by atoms with van der Waals surface area (Å²) < 4.78 is 1.48. The molecule has 2 heterocycles. The van der Waals surface area contributed by atoms with Crippen molar-refractivity contribution in [3.05, 3.63) is 93.5 Å². The minimum absolute atomic E-state index is 0.223. The highest BCUT2D eigenvalue weighted by atomic mass is 35.5. The Balaban J connectivity index is 1.71. The van der Waals surface area contributed by atoms with Crippen molar-refractivity contribution < 1.29 is 4.79 Å². The van der Waals surface area contributed by atoms with Crippen LogP contribution in [0, 0.1) is 6.92 Å². The highest BCUT2D eigenvalue weighted by Gasteiger charge is 2.17. The van der Waals surface area contributed by atoms with E-state index in [0.29, 0.717) is 22.1 Å². The number of anilines is 1. The van der Waals surface area contributed by atoms with Crippen molar-refractivity contribution in [2.75, 3.05) is 5.32 Å². The highest BCUT2D eigenvalue weighted by Crippen LogP contribution is 2.20. The van der Waals surface area contributed by atoms with Gasteiger partial charge in [-0.3, -0.25) is 14.6 Å². The van der Waals surface area contributed by atoms with E-state index in [0.717, 1.165) is 10.9 Å². The second-order valence-corrected chi connectivity index (χ2v) is 6.64. The second kappa shape index (κ2) is 7.25. The van der Waals surface area contributed by atoms with E-state index in [1.165, 1.54) is 10.7 Å². The summed E-state index contributed by atoms with van der Waals surface area (Å²) in [6.07, 6.45) is 1.54. The zero-order chi connectivity index (χ0) is 19.7. The Morgan fingerprint density at radius 1 is 1.07 bits per heavy atom. The minimum Gasteiger partial charge on any atom is -0.319 e. The number of aromatic nitrogens is 3. The summed E-state index contributed by atoms with van der Waals surface area (Å²) in [6.45, 7) is 1.73. The van der Waals surface area contributed by atoms with Gasteiger partial charge in [0.15, 0.2) is 5.69 Å². The maximum absolute atomic E-state index is 12.7. The summed E-state index contributed by atoms with van der Waals surface area (Å²) in [7, 11) is 0. The van der Waals surface area contributed by atoms with Crippen LogP contribution < -0.4 is 10.7 Å². The van der Waals surface area contributed by atoms with Crippen LogP contribution in [0.3, 0.4) is 0 Å². The standard InChI is InChI=1S/C21H15ClN4O2/c1-13-10-19(27)20(25-26(13)18-9-5-3-7-16(18)22)21(28)24-15-11-14-6-2-4-8-17(14)23-12-15/h2-12H,1H3,(H,24,28). The molecule has 0 radical (unpaired) electrons. The van der Waals surface area contributed by atoms with E-state index in [1.54, 1.807) is 43.5 Å². The van der Waals surface area contributed by atoms with Crippen LogP contribution in [0.1, 0.15) is 16.2 Å². The number of para-hydroxylation sites is 2. The molecule has 1 N–H and O–H groups in total. The first-order chi connectivity index (χ1) is 13.5. The van der Waals surface area contributed by atoms with E-state index in [9.17, 15) is 9.59 Å². The van der Waals surface area contributed by atoms with Gasteiger partial charge >= 0.3 is 0 Å². The number of pyridine rings is 1. The zero-order valence-electron chi connectivity index (χ0n) is 14.9. The summed E-state index contributed by atoms with van der Waals surface area (Å²) in [5, 5.41) is 8.29. The van der Waals surface area contributed by atoms with E-state index in [1.807, 2.05) is 24.3 Å². The fourth-order valence-corrected chi connectivity index (χ4v) is 3.12. The molecule has 0 saturated heterocycles. The van der Waals surface area contributed by atoms with Gasteiger partial charge in [-0.2, -0.15) is 5.10 Å². The van der Waals surface area contributed by atoms with E-state index < -0.39 is 11.3 Å². The molecular weight excluding hydrogens is 376 g/mol. The van der Waals surface area contributed by atoms with Crippen molar-refractivity contribution in [3.8, 4) is 5.69 Å². The lowest BCUT2D eigenvalue weighted by Gasteiger charge is -2.12. The van der Waals surface area contributed by atoms with Crippen LogP contribution >= 0.6 is 11.6 Å². The van der Waals surface area contributed by atoms with Crippen LogP contribution in [0.5, 0.6) is 0 Å². The maximum atomic E-state index is 12.7. The van der Waals surface area contributed by atoms with Crippen LogP contribution in [0.4, 0.5) is 5.69 Å². The van der Waals surface area contributed by atoms with Gasteiger partial charge in [0.25, 0.3) is 5.91 Å². The van der Waals surface area contributed by atoms with Gasteiger partial charge in [-0.05, 0) is 31.2 Å². The molecule has 0 bridgehead atoms. The third kappa shape index (κ3) is 3.37. The van der Waals surface area contributed by atoms with Crippen LogP contribution in [-0.2, 0) is 0 Å². The first-order valence-corrected chi connectivity index (χ1v) is 8.93. The number of hydrogen-bond acceptors (Lipinski definition) is 4. The van der Waals surface area contributed by atoms with Gasteiger partial charge in [0.1, 0.15) is 0 Å². The van der Waals surface area contributed by atoms with Crippen molar-refractivity contribution in [1.82, 2.24) is 14.8 Å². The Hall–Kier alpha value is -3.51. The largest absolute Gasteiger partial charge is 0.319 e. The number of amides is 1. The smallest absolute Gasteiger partial charge is 0.280 e. The van der Waals surface area contributed by atoms with Crippen molar-refractivity contribution >= 4 is 34.1 Å². The van der Waals surface area contributed by atoms with E-state index in [2.05, 4.69) is 15.4 Å². The van der Waals surface area contributed by atoms with E-state index in [-0.39, 0.29) is 5.69 Å². The summed E-state index contributed by atoms with van der Waals surface area (Å²) >= 11 is 6.24. The molecule has 1 amide bonds. The Morgan fingerprint density at radius 3 is 2.64 bits per heavy atom. The molecule has 0 saturated carbocycles. The Labute approximate surface area is 165 Å². The lowest BCUT2D eigenvalue weighted by atomic mass is 10.2. The lowest BCUT2D eigenvalue weighted by Crippen LogP contribution is -2.27. The summed E-state index contributed by atoms with van der Waals surface area (Å²) in [5.74, 6) is -0.608. The number of benzene rings is 2. The zero-order valence-corrected chi connectivity index (χ0v) is 15.6. The number of nitrogens with zero attached hydrogens (tertiary/aromatic N) is 3. The molecule has 2 aromatic heterocycles. The molecule has 2 aromatic carbocycles. The number of hydrogen-bond donors (Lipinski definition) is 1. The van der Waals surface area contributed by atoms with E-state index in [4.69, 9.17) is 11.6 Å². The molecule has 7 heteroatoms. The van der Waals surface area contributed by atoms with Crippen molar-refractivity contribution in [2.24, 2.45) is 0 Å². The lowest BCUT2D eigenvalue weighted by molar-refractivity contribution is 0.101. The normalized spacial score (nSPS) is 10.8. The molecule has 4 aromatic rings. The molecule has 4 rings (SSSR count). The van der Waals surface area contributed by atoms with Gasteiger partial charge in [-0.1, -0.05) is 41.9 Å². The number of carbonyl (C=O) groups is 1. The molecule has 0 atom stereocenters. The number of aryl methyl sites for hydroxylation is 1. The number of rotatable bonds is 3. The van der Waals surface area contributed by atoms with Crippen LogP contribution in [-0.4, -0.2) is 20.7 Å². The van der Waals surface area contributed by atoms with Gasteiger partial charge in [0, 0.05) is 17.1 Å². The fourth-order valence-electron chi connectivity index (χ4n) is 2.90. The molecular formula is C21H15ClN4O2. The molecule has 0 spiro atoms. The molecule has 6 nitrogen and oxygen atoms in total. The Bertz CT molecular complexity index is 1270. The Kier molecular flexibility index (Phi) is 4.63. The quantitative estimate of drug-likeness (QED) is 0.573. The molecule has 0 fully saturated rings. The van der Waals surface area contributed by atoms with Gasteiger partial charge < -0.3 is 5.32 Å². The average molecular weight is 391 g/mol. The van der Waals surface area contributed by atoms with Crippen LogP contribution in [0.15, 0.2) is 71.7 Å². The van der Waals surface area contributed by atoms with Gasteiger partial charge in [-0.25, -0.2) is 4.68 Å². The van der Waals surface area contributed by atoms with Crippen molar-refractivity contribution in [3.63, 3.8) is 0 Å². The second-order valence-electron chi connectivity index (χ2n) is 6.23. The predicted octanol–water partition coefficient (Wildman–Crippen LogP) is 3.99. The number of carbonyl (C=O) groups excluding carboxylic acids is 1. The molecule has 138 valence electrons. The summed E-state index contributed by atoms with van der Waals surface area (Å²) in [4.78, 5) is 29.4. The average Bonchev–Trinajstić information content (AvgIpc) is 2.69. The van der Waals surface area contributed by atoms with Crippen molar-refractivity contribution in [1.29, 1.82) is 0 Å². The first-order valence-electron chi connectivity index (χ1n) is 8.55. The minimum atomic E-state index is -0.608. The van der Waals surface area contributed by atoms with Gasteiger partial charge in [-0.15, -0.1) is 0 Å². The van der Waals surface area contributed by atoms with Gasteiger partial charge in [0.05, 0.1) is 28.1 Å². The Morgan fingerprint density at radius 2 is 1.82 bits per heavy atom. The third-order valence-electron chi connectivity index (χ3n) is 4.25. The number of nitrogens with one attached hydrogen (secondary N) is 1. The molecule has 28 heavy (non-hydrogen) atoms. The molecule has 0 aliphatic heterocycles. The van der Waals surface area contributed by atoms with E-state index >= 15 is 0 Å². The molecule has 0 aliphatic rings. The fraction of sp³-hybridized carbons (Fsp3) is 0.0476. The topological polar surface area (TPSA) is 76.9 Å². The van der Waals surface area contributed by atoms with Crippen LogP contribution in [0.25, 0.3) is 16.6 Å². The number of fused-ring (bicyclic) bond motifs is 1. The maximum Gasteiger partial charge on any atom is 0.280 e. The molecule has 0 unspecified atom stereocenters. The highest BCUT2D eigenvalue weighted by molar-refractivity contribution is 6.32. The monoisotopic (exact) mass is 390 g/mol. The summed E-state index contributed by atoms with van der Waals surface area (Å²) in [6, 6.07) is 17.8.